The van der Waals surface area contributed by atoms with E-state index in [0.29, 0.717) is 31.1 Å². The Bertz CT molecular complexity index is 878. The number of aliphatic hydroxyl groups is 1. The Balaban J connectivity index is 1.57. The van der Waals surface area contributed by atoms with Gasteiger partial charge in [0.1, 0.15) is 6.10 Å². The first-order valence-corrected chi connectivity index (χ1v) is 14.6. The van der Waals surface area contributed by atoms with Crippen LogP contribution >= 0.6 is 11.6 Å². The summed E-state index contributed by atoms with van der Waals surface area (Å²) in [5.41, 5.74) is -2.23. The van der Waals surface area contributed by atoms with E-state index in [1.54, 1.807) is 14.2 Å². The molecule has 10 heteroatoms. The van der Waals surface area contributed by atoms with Gasteiger partial charge >= 0.3 is 6.09 Å². The van der Waals surface area contributed by atoms with Gasteiger partial charge < -0.3 is 29.0 Å². The molecule has 0 radical (unpaired) electrons. The molecule has 0 aromatic rings. The first-order valence-electron chi connectivity index (χ1n) is 14.2. The number of rotatable bonds is 2. The highest BCUT2D eigenvalue weighted by Gasteiger charge is 2.64. The van der Waals surface area contributed by atoms with Crippen molar-refractivity contribution < 1.29 is 33.6 Å². The van der Waals surface area contributed by atoms with Crippen LogP contribution in [-0.2, 0) is 23.7 Å². The number of epoxide rings is 1. The summed E-state index contributed by atoms with van der Waals surface area (Å²) in [7, 11) is 5.23. The molecule has 4 aliphatic rings. The second kappa shape index (κ2) is 11.4. The van der Waals surface area contributed by atoms with Gasteiger partial charge in [-0.25, -0.2) is 4.79 Å². The average Bonchev–Trinajstić information content (AvgIpc) is 3.53. The van der Waals surface area contributed by atoms with Gasteiger partial charge in [0.15, 0.2) is 10.8 Å². The number of carbonyl (C=O) groups excluding carboxylic acids is 2. The van der Waals surface area contributed by atoms with E-state index < -0.39 is 34.5 Å². The molecule has 4 bridgehead atoms. The van der Waals surface area contributed by atoms with E-state index >= 15 is 0 Å². The number of alkyl carbamates (subject to hydrolysis) is 1. The minimum Gasteiger partial charge on any atom is -0.426 e. The fourth-order valence-corrected chi connectivity index (χ4v) is 7.63. The van der Waals surface area contributed by atoms with Gasteiger partial charge in [0.2, 0.25) is 5.91 Å². The monoisotopic (exact) mass is 558 g/mol. The van der Waals surface area contributed by atoms with Crippen LogP contribution in [0.1, 0.15) is 85.0 Å². The average molecular weight is 559 g/mol. The Hall–Kier alpha value is -1.13. The van der Waals surface area contributed by atoms with Crippen molar-refractivity contribution in [2.75, 3.05) is 21.3 Å². The fraction of sp³-hybridized carbons (Fsp3) is 0.929. The van der Waals surface area contributed by atoms with E-state index in [1.807, 2.05) is 25.8 Å². The maximum absolute atomic E-state index is 13.3. The number of alkyl halides is 1. The summed E-state index contributed by atoms with van der Waals surface area (Å²) in [5.74, 6) is 0.633. The molecule has 0 spiro atoms. The highest BCUT2D eigenvalue weighted by molar-refractivity contribution is 6.24. The third kappa shape index (κ3) is 6.27. The van der Waals surface area contributed by atoms with Crippen LogP contribution in [0.3, 0.4) is 0 Å². The van der Waals surface area contributed by atoms with Crippen molar-refractivity contribution >= 4 is 23.6 Å². The van der Waals surface area contributed by atoms with Crippen LogP contribution in [0.25, 0.3) is 0 Å². The molecular weight excluding hydrogens is 512 g/mol. The lowest BCUT2D eigenvalue weighted by atomic mass is 9.77. The highest BCUT2D eigenvalue weighted by atomic mass is 35.5. The lowest BCUT2D eigenvalue weighted by molar-refractivity contribution is -0.169. The Labute approximate surface area is 232 Å². The van der Waals surface area contributed by atoms with Gasteiger partial charge in [-0.15, -0.1) is 0 Å². The molecule has 2 amide bonds. The Kier molecular flexibility index (Phi) is 8.95. The van der Waals surface area contributed by atoms with Crippen molar-refractivity contribution in [3.63, 3.8) is 0 Å². The van der Waals surface area contributed by atoms with Crippen molar-refractivity contribution in [2.24, 2.45) is 17.8 Å². The first-order chi connectivity index (χ1) is 17.8. The van der Waals surface area contributed by atoms with Crippen molar-refractivity contribution in [1.29, 1.82) is 0 Å². The summed E-state index contributed by atoms with van der Waals surface area (Å²) in [6, 6.07) is 0.158. The summed E-state index contributed by atoms with van der Waals surface area (Å²) in [6.45, 7) is 6.10. The summed E-state index contributed by atoms with van der Waals surface area (Å²) >= 11 is 6.94. The molecule has 218 valence electrons. The Morgan fingerprint density at radius 3 is 2.53 bits per heavy atom. The number of fused-ring (bicyclic) bond motifs is 5. The maximum Gasteiger partial charge on any atom is 0.411 e. The summed E-state index contributed by atoms with van der Waals surface area (Å²) in [4.78, 5) is 27.8. The van der Waals surface area contributed by atoms with Gasteiger partial charge in [-0.1, -0.05) is 38.3 Å². The SMILES string of the molecule is COC1CC2CC(C)CCCC(OC)C3(O)C[C@@](Cl)(OC(=O)N3)C(C)[C@@H]3OC3(C)CCC(=O)N(C)C(C2)C1. The summed E-state index contributed by atoms with van der Waals surface area (Å²) in [6.07, 6.45) is 5.56. The number of nitrogens with one attached hydrogen (secondary N) is 1. The minimum atomic E-state index is -1.67. The van der Waals surface area contributed by atoms with Crippen LogP contribution in [0.2, 0.25) is 0 Å². The van der Waals surface area contributed by atoms with E-state index in [9.17, 15) is 14.7 Å². The van der Waals surface area contributed by atoms with Crippen LogP contribution in [0.4, 0.5) is 4.79 Å². The number of amides is 2. The zero-order valence-corrected chi connectivity index (χ0v) is 24.6. The van der Waals surface area contributed by atoms with Crippen LogP contribution in [0.15, 0.2) is 0 Å². The summed E-state index contributed by atoms with van der Waals surface area (Å²) < 4.78 is 23.1. The number of nitrogens with zero attached hydrogens (tertiary/aromatic N) is 1. The third-order valence-corrected chi connectivity index (χ3v) is 10.3. The molecule has 4 fully saturated rings. The molecule has 3 heterocycles. The molecule has 8 unspecified atom stereocenters. The normalized spacial score (nSPS) is 47.1. The lowest BCUT2D eigenvalue weighted by Gasteiger charge is -2.46. The van der Waals surface area contributed by atoms with Crippen molar-refractivity contribution in [3.8, 4) is 0 Å². The van der Waals surface area contributed by atoms with E-state index in [0.717, 1.165) is 38.5 Å². The molecule has 3 saturated heterocycles. The number of halogens is 1. The minimum absolute atomic E-state index is 0.0394. The van der Waals surface area contributed by atoms with Crippen LogP contribution < -0.4 is 5.32 Å². The van der Waals surface area contributed by atoms with Crippen molar-refractivity contribution in [1.82, 2.24) is 10.2 Å². The third-order valence-electron chi connectivity index (χ3n) is 9.73. The molecule has 1 saturated carbocycles. The molecule has 3 aliphatic heterocycles. The molecule has 10 atom stereocenters. The molecular formula is C28H47ClN2O7. The van der Waals surface area contributed by atoms with E-state index in [4.69, 9.17) is 30.5 Å². The van der Waals surface area contributed by atoms with Crippen LogP contribution in [0, 0.1) is 17.8 Å². The number of methoxy groups -OCH3 is 2. The van der Waals surface area contributed by atoms with E-state index in [1.165, 1.54) is 0 Å². The van der Waals surface area contributed by atoms with E-state index in [2.05, 4.69) is 12.2 Å². The van der Waals surface area contributed by atoms with Crippen molar-refractivity contribution in [2.45, 2.75) is 126 Å². The van der Waals surface area contributed by atoms with E-state index in [-0.39, 0.29) is 30.6 Å². The topological polar surface area (TPSA) is 110 Å². The van der Waals surface area contributed by atoms with Crippen LogP contribution in [-0.4, -0.2) is 84.0 Å². The number of hydrogen-bond donors (Lipinski definition) is 2. The number of ether oxygens (including phenoxy) is 4. The van der Waals surface area contributed by atoms with Gasteiger partial charge in [-0.05, 0) is 57.3 Å². The Morgan fingerprint density at radius 1 is 1.11 bits per heavy atom. The predicted molar refractivity (Wildman–Crippen MR) is 143 cm³/mol. The van der Waals surface area contributed by atoms with Gasteiger partial charge in [-0.3, -0.25) is 10.1 Å². The number of carbonyl (C=O) groups is 2. The Morgan fingerprint density at radius 2 is 1.84 bits per heavy atom. The fourth-order valence-electron chi connectivity index (χ4n) is 7.24. The standard InChI is InChI=1S/C28H47ClN2O7/c1-17-8-7-9-22(36-6)28(34)16-27(29,38-25(33)30-28)18(2)24-26(3,37-24)11-10-23(32)31(4)20-13-19(12-17)14-21(15-20)35-5/h17-22,24,34H,7-16H2,1-6H3,(H,30,33)/t17?,18?,19?,20?,21?,22?,24-,26?,27+,28?/m0/s1. The summed E-state index contributed by atoms with van der Waals surface area (Å²) in [5, 5.41) is 12.7. The quantitative estimate of drug-likeness (QED) is 0.386. The molecule has 2 N–H and O–H groups in total. The second-order valence-corrected chi connectivity index (χ2v) is 13.3. The maximum atomic E-state index is 13.3. The molecule has 0 aromatic carbocycles. The molecule has 4 rings (SSSR count). The van der Waals surface area contributed by atoms with Gasteiger partial charge in [0, 0.05) is 39.6 Å². The number of hydrogen-bond acceptors (Lipinski definition) is 7. The molecule has 0 aromatic heterocycles. The van der Waals surface area contributed by atoms with Crippen molar-refractivity contribution in [3.05, 3.63) is 0 Å². The van der Waals surface area contributed by atoms with Gasteiger partial charge in [0.05, 0.1) is 24.2 Å². The molecule has 1 aliphatic carbocycles. The predicted octanol–water partition coefficient (Wildman–Crippen LogP) is 4.18. The largest absolute Gasteiger partial charge is 0.426 e. The molecule has 38 heavy (non-hydrogen) atoms. The molecule has 9 nitrogen and oxygen atoms in total. The first kappa shape index (κ1) is 29.8. The zero-order chi connectivity index (χ0) is 27.9. The lowest BCUT2D eigenvalue weighted by Crippen LogP contribution is -2.66. The zero-order valence-electron chi connectivity index (χ0n) is 23.8. The smallest absolute Gasteiger partial charge is 0.411 e. The van der Waals surface area contributed by atoms with Gasteiger partial charge in [-0.2, -0.15) is 0 Å². The second-order valence-electron chi connectivity index (χ2n) is 12.6. The van der Waals surface area contributed by atoms with Gasteiger partial charge in [0.25, 0.3) is 0 Å². The highest BCUT2D eigenvalue weighted by Crippen LogP contribution is 2.52. The van der Waals surface area contributed by atoms with Crippen LogP contribution in [0.5, 0.6) is 0 Å².